The summed E-state index contributed by atoms with van der Waals surface area (Å²) in [6.07, 6.45) is 2.36. The molecule has 0 saturated heterocycles. The van der Waals surface area contributed by atoms with Crippen molar-refractivity contribution in [1.82, 2.24) is 14.3 Å². The number of nitrogens with zero attached hydrogens (tertiary/aromatic N) is 3. The van der Waals surface area contributed by atoms with Crippen LogP contribution >= 0.6 is 11.6 Å². The smallest absolute Gasteiger partial charge is 0.246 e. The Morgan fingerprint density at radius 1 is 1.19 bits per heavy atom. The molecule has 8 heteroatoms. The van der Waals surface area contributed by atoms with Gasteiger partial charge in [-0.1, -0.05) is 18.2 Å². The van der Waals surface area contributed by atoms with E-state index in [4.69, 9.17) is 16.3 Å². The van der Waals surface area contributed by atoms with E-state index >= 15 is 0 Å². The Labute approximate surface area is 128 Å². The van der Waals surface area contributed by atoms with Gasteiger partial charge in [-0.15, -0.1) is 0 Å². The van der Waals surface area contributed by atoms with Crippen LogP contribution in [0.15, 0.2) is 47.6 Å². The maximum Gasteiger partial charge on any atom is 0.246 e. The number of benzene rings is 1. The van der Waals surface area contributed by atoms with Crippen LogP contribution in [0.2, 0.25) is 5.28 Å². The molecule has 0 radical (unpaired) electrons. The molecule has 112 valence electrons. The third kappa shape index (κ3) is 4.13. The Morgan fingerprint density at radius 2 is 1.81 bits per heavy atom. The second kappa shape index (κ2) is 6.84. The topological polar surface area (TPSA) is 72.4 Å². The molecule has 1 aromatic heterocycles. The number of ether oxygens (including phenoxy) is 1. The fourth-order valence-electron chi connectivity index (χ4n) is 1.54. The maximum atomic E-state index is 12.2. The van der Waals surface area contributed by atoms with Crippen LogP contribution in [0.3, 0.4) is 0 Å². The van der Waals surface area contributed by atoms with E-state index in [1.54, 1.807) is 0 Å². The Balaban J connectivity index is 1.96. The molecular formula is C13H14ClN3O3S. The Bertz CT molecular complexity index is 678. The number of aromatic nitrogens is 2. The van der Waals surface area contributed by atoms with Crippen LogP contribution in [0.1, 0.15) is 0 Å². The second-order valence-corrected chi connectivity index (χ2v) is 6.56. The number of halogens is 1. The third-order valence-corrected chi connectivity index (χ3v) is 4.73. The molecule has 0 amide bonds. The first kappa shape index (κ1) is 15.7. The van der Waals surface area contributed by atoms with E-state index in [2.05, 4.69) is 9.97 Å². The molecule has 1 heterocycles. The summed E-state index contributed by atoms with van der Waals surface area (Å²) in [4.78, 5) is 7.34. The fourth-order valence-corrected chi connectivity index (χ4v) is 2.69. The number of hydrogen-bond donors (Lipinski definition) is 0. The van der Waals surface area contributed by atoms with E-state index in [9.17, 15) is 8.42 Å². The minimum Gasteiger partial charge on any atom is -0.492 e. The van der Waals surface area contributed by atoms with Gasteiger partial charge in [-0.2, -0.15) is 4.31 Å². The van der Waals surface area contributed by atoms with Crippen LogP contribution < -0.4 is 4.74 Å². The molecule has 2 rings (SSSR count). The molecule has 0 N–H and O–H groups in total. The highest BCUT2D eigenvalue weighted by atomic mass is 35.5. The van der Waals surface area contributed by atoms with Gasteiger partial charge in [0.05, 0.1) is 12.4 Å². The van der Waals surface area contributed by atoms with Gasteiger partial charge in [-0.05, 0) is 23.7 Å². The van der Waals surface area contributed by atoms with Crippen LogP contribution in [0.5, 0.6) is 5.75 Å². The van der Waals surface area contributed by atoms with E-state index in [1.807, 2.05) is 30.3 Å². The van der Waals surface area contributed by atoms with Crippen LogP contribution in [0.4, 0.5) is 0 Å². The molecule has 0 spiro atoms. The van der Waals surface area contributed by atoms with E-state index in [0.717, 1.165) is 0 Å². The zero-order chi connectivity index (χ0) is 15.3. The first-order valence-electron chi connectivity index (χ1n) is 6.12. The average Bonchev–Trinajstić information content (AvgIpc) is 2.48. The lowest BCUT2D eigenvalue weighted by molar-refractivity contribution is 0.287. The van der Waals surface area contributed by atoms with E-state index in [1.165, 1.54) is 23.7 Å². The number of sulfonamides is 1. The Morgan fingerprint density at radius 3 is 2.43 bits per heavy atom. The number of likely N-dealkylation sites (N-methyl/N-ethyl adjacent to an activating group) is 1. The average molecular weight is 328 g/mol. The quantitative estimate of drug-likeness (QED) is 0.757. The number of para-hydroxylation sites is 1. The monoisotopic (exact) mass is 327 g/mol. The molecule has 2 aromatic rings. The molecule has 21 heavy (non-hydrogen) atoms. The summed E-state index contributed by atoms with van der Waals surface area (Å²) in [6, 6.07) is 9.19. The van der Waals surface area contributed by atoms with Crippen LogP contribution in [0, 0.1) is 0 Å². The first-order valence-corrected chi connectivity index (χ1v) is 7.93. The van der Waals surface area contributed by atoms with Crippen molar-refractivity contribution in [3.8, 4) is 5.75 Å². The van der Waals surface area contributed by atoms with Crippen molar-refractivity contribution < 1.29 is 13.2 Å². The van der Waals surface area contributed by atoms with Crippen molar-refractivity contribution in [2.75, 3.05) is 20.2 Å². The van der Waals surface area contributed by atoms with E-state index in [0.29, 0.717) is 5.75 Å². The molecule has 0 fully saturated rings. The highest BCUT2D eigenvalue weighted by Gasteiger charge is 2.21. The second-order valence-electron chi connectivity index (χ2n) is 4.18. The molecule has 0 saturated carbocycles. The summed E-state index contributed by atoms with van der Waals surface area (Å²) in [7, 11) is -2.17. The summed E-state index contributed by atoms with van der Waals surface area (Å²) in [6.45, 7) is 0.452. The van der Waals surface area contributed by atoms with Gasteiger partial charge in [0.1, 0.15) is 17.3 Å². The molecule has 0 bridgehead atoms. The van der Waals surface area contributed by atoms with Crippen molar-refractivity contribution in [3.63, 3.8) is 0 Å². The first-order chi connectivity index (χ1) is 10.00. The standard InChI is InChI=1S/C13H14ClN3O3S/c1-17(7-8-20-11-5-3-2-4-6-11)21(18,19)12-9-15-13(14)16-10-12/h2-6,9-10H,7-8H2,1H3. The summed E-state index contributed by atoms with van der Waals surface area (Å²) in [5, 5.41) is 0.00372. The summed E-state index contributed by atoms with van der Waals surface area (Å²) in [5.74, 6) is 0.693. The predicted molar refractivity (Wildman–Crippen MR) is 78.8 cm³/mol. The van der Waals surface area contributed by atoms with Crippen LogP contribution in [-0.4, -0.2) is 42.9 Å². The van der Waals surface area contributed by atoms with Crippen molar-refractivity contribution in [1.29, 1.82) is 0 Å². The van der Waals surface area contributed by atoms with Gasteiger partial charge >= 0.3 is 0 Å². The van der Waals surface area contributed by atoms with Crippen molar-refractivity contribution >= 4 is 21.6 Å². The molecule has 0 atom stereocenters. The van der Waals surface area contributed by atoms with Gasteiger partial charge in [-0.25, -0.2) is 18.4 Å². The summed E-state index contributed by atoms with van der Waals surface area (Å²) < 4.78 is 31.1. The predicted octanol–water partition coefficient (Wildman–Crippen LogP) is 1.83. The lowest BCUT2D eigenvalue weighted by atomic mass is 10.3. The van der Waals surface area contributed by atoms with Crippen molar-refractivity contribution in [2.45, 2.75) is 4.90 Å². The number of hydrogen-bond acceptors (Lipinski definition) is 5. The normalized spacial score (nSPS) is 11.6. The fraction of sp³-hybridized carbons (Fsp3) is 0.231. The highest BCUT2D eigenvalue weighted by molar-refractivity contribution is 7.89. The Kier molecular flexibility index (Phi) is 5.11. The largest absolute Gasteiger partial charge is 0.492 e. The van der Waals surface area contributed by atoms with Gasteiger partial charge in [0.25, 0.3) is 0 Å². The lowest BCUT2D eigenvalue weighted by Crippen LogP contribution is -2.31. The third-order valence-electron chi connectivity index (χ3n) is 2.72. The molecule has 0 aliphatic rings. The molecule has 0 unspecified atom stereocenters. The van der Waals surface area contributed by atoms with Crippen LogP contribution in [-0.2, 0) is 10.0 Å². The molecule has 0 aliphatic carbocycles. The number of rotatable bonds is 6. The van der Waals surface area contributed by atoms with Gasteiger partial charge in [-0.3, -0.25) is 0 Å². The minimum atomic E-state index is -3.64. The van der Waals surface area contributed by atoms with Crippen LogP contribution in [0.25, 0.3) is 0 Å². The highest BCUT2D eigenvalue weighted by Crippen LogP contribution is 2.13. The zero-order valence-corrected chi connectivity index (χ0v) is 12.9. The van der Waals surface area contributed by atoms with E-state index in [-0.39, 0.29) is 23.3 Å². The van der Waals surface area contributed by atoms with Crippen molar-refractivity contribution in [2.24, 2.45) is 0 Å². The zero-order valence-electron chi connectivity index (χ0n) is 11.3. The molecular weight excluding hydrogens is 314 g/mol. The SMILES string of the molecule is CN(CCOc1ccccc1)S(=O)(=O)c1cnc(Cl)nc1. The Hall–Kier alpha value is -1.70. The molecule has 6 nitrogen and oxygen atoms in total. The maximum absolute atomic E-state index is 12.2. The molecule has 0 aliphatic heterocycles. The summed E-state index contributed by atoms with van der Waals surface area (Å²) in [5.41, 5.74) is 0. The van der Waals surface area contributed by atoms with Gasteiger partial charge in [0, 0.05) is 13.6 Å². The lowest BCUT2D eigenvalue weighted by Gasteiger charge is -2.17. The van der Waals surface area contributed by atoms with E-state index < -0.39 is 10.0 Å². The van der Waals surface area contributed by atoms with Gasteiger partial charge < -0.3 is 4.74 Å². The molecule has 1 aromatic carbocycles. The van der Waals surface area contributed by atoms with Gasteiger partial charge in [0.15, 0.2) is 0 Å². The van der Waals surface area contributed by atoms with Crippen molar-refractivity contribution in [3.05, 3.63) is 48.0 Å². The van der Waals surface area contributed by atoms with Gasteiger partial charge in [0.2, 0.25) is 15.3 Å². The summed E-state index contributed by atoms with van der Waals surface area (Å²) >= 11 is 5.54. The minimum absolute atomic E-state index is 0.00372.